The topological polar surface area (TPSA) is 28.2 Å². The maximum absolute atomic E-state index is 13.4. The molecule has 0 aliphatic heterocycles. The summed E-state index contributed by atoms with van der Waals surface area (Å²) >= 11 is 6.35. The fourth-order valence-corrected chi connectivity index (χ4v) is 2.42. The summed E-state index contributed by atoms with van der Waals surface area (Å²) in [5.41, 5.74) is 1.77. The van der Waals surface area contributed by atoms with Crippen LogP contribution in [0.15, 0.2) is 36.5 Å². The third-order valence-electron chi connectivity index (χ3n) is 3.15. The highest BCUT2D eigenvalue weighted by Gasteiger charge is 2.13. The van der Waals surface area contributed by atoms with Gasteiger partial charge < -0.3 is 10.2 Å². The van der Waals surface area contributed by atoms with Gasteiger partial charge in [-0.2, -0.15) is 0 Å². The Morgan fingerprint density at radius 3 is 2.71 bits per heavy atom. The molecule has 0 unspecified atom stereocenters. The predicted molar refractivity (Wildman–Crippen MR) is 85.7 cm³/mol. The first-order chi connectivity index (χ1) is 10.2. The van der Waals surface area contributed by atoms with Crippen LogP contribution in [-0.2, 0) is 6.54 Å². The van der Waals surface area contributed by atoms with Crippen molar-refractivity contribution in [2.75, 3.05) is 18.0 Å². The first-order valence-corrected chi connectivity index (χ1v) is 7.41. The molecule has 0 aliphatic carbocycles. The zero-order chi connectivity index (χ0) is 15.2. The number of nitrogens with zero attached hydrogens (tertiary/aromatic N) is 2. The SMILES string of the molecule is CCNCc1cnc(N(CC)c2cccc(F)c2)c(Cl)c1. The Balaban J connectivity index is 2.30. The molecule has 1 N–H and O–H groups in total. The molecule has 0 atom stereocenters. The van der Waals surface area contributed by atoms with E-state index in [4.69, 9.17) is 11.6 Å². The van der Waals surface area contributed by atoms with Gasteiger partial charge in [0.1, 0.15) is 5.82 Å². The van der Waals surface area contributed by atoms with Gasteiger partial charge in [-0.3, -0.25) is 0 Å². The fraction of sp³-hybridized carbons (Fsp3) is 0.312. The second-order valence-electron chi connectivity index (χ2n) is 4.65. The van der Waals surface area contributed by atoms with Gasteiger partial charge in [0.2, 0.25) is 0 Å². The third kappa shape index (κ3) is 3.93. The normalized spacial score (nSPS) is 10.7. The molecule has 0 bridgehead atoms. The van der Waals surface area contributed by atoms with Gasteiger partial charge >= 0.3 is 0 Å². The van der Waals surface area contributed by atoms with Crippen molar-refractivity contribution in [1.82, 2.24) is 10.3 Å². The van der Waals surface area contributed by atoms with Crippen molar-refractivity contribution >= 4 is 23.1 Å². The Labute approximate surface area is 129 Å². The number of nitrogens with one attached hydrogen (secondary N) is 1. The van der Waals surface area contributed by atoms with Gasteiger partial charge in [0.15, 0.2) is 5.82 Å². The Hall–Kier alpha value is -1.65. The van der Waals surface area contributed by atoms with Crippen LogP contribution in [0.3, 0.4) is 0 Å². The summed E-state index contributed by atoms with van der Waals surface area (Å²) in [5.74, 6) is 0.371. The number of hydrogen-bond acceptors (Lipinski definition) is 3. The van der Waals surface area contributed by atoms with Crippen LogP contribution in [0.25, 0.3) is 0 Å². The Bertz CT molecular complexity index is 604. The molecule has 1 aromatic carbocycles. The van der Waals surface area contributed by atoms with Crippen molar-refractivity contribution in [1.29, 1.82) is 0 Å². The van der Waals surface area contributed by atoms with Crippen LogP contribution in [-0.4, -0.2) is 18.1 Å². The number of benzene rings is 1. The molecule has 5 heteroatoms. The van der Waals surface area contributed by atoms with E-state index in [1.165, 1.54) is 12.1 Å². The number of rotatable bonds is 6. The lowest BCUT2D eigenvalue weighted by atomic mass is 10.2. The van der Waals surface area contributed by atoms with Crippen LogP contribution in [0.4, 0.5) is 15.9 Å². The molecule has 112 valence electrons. The molecular weight excluding hydrogens is 289 g/mol. The minimum atomic E-state index is -0.272. The molecule has 1 aromatic heterocycles. The Morgan fingerprint density at radius 2 is 2.10 bits per heavy atom. The van der Waals surface area contributed by atoms with Crippen LogP contribution < -0.4 is 10.2 Å². The molecule has 21 heavy (non-hydrogen) atoms. The van der Waals surface area contributed by atoms with Crippen molar-refractivity contribution in [3.05, 3.63) is 52.9 Å². The number of hydrogen-bond donors (Lipinski definition) is 1. The smallest absolute Gasteiger partial charge is 0.151 e. The molecule has 1 heterocycles. The molecule has 0 saturated carbocycles. The lowest BCUT2D eigenvalue weighted by Gasteiger charge is -2.23. The summed E-state index contributed by atoms with van der Waals surface area (Å²) in [6.07, 6.45) is 1.80. The first-order valence-electron chi connectivity index (χ1n) is 7.04. The minimum Gasteiger partial charge on any atom is -0.325 e. The molecule has 2 aromatic rings. The molecule has 0 aliphatic rings. The molecule has 0 fully saturated rings. The van der Waals surface area contributed by atoms with Crippen molar-refractivity contribution in [2.45, 2.75) is 20.4 Å². The lowest BCUT2D eigenvalue weighted by Crippen LogP contribution is -2.18. The standard InChI is InChI=1S/C16H19ClFN3/c1-3-19-10-12-8-15(17)16(20-11-12)21(4-2)14-7-5-6-13(18)9-14/h5-9,11,19H,3-4,10H2,1-2H3. The summed E-state index contributed by atoms with van der Waals surface area (Å²) in [4.78, 5) is 6.33. The molecular formula is C16H19ClFN3. The first kappa shape index (κ1) is 15.7. The monoisotopic (exact) mass is 307 g/mol. The Morgan fingerprint density at radius 1 is 1.29 bits per heavy atom. The summed E-state index contributed by atoms with van der Waals surface area (Å²) in [6, 6.07) is 8.33. The van der Waals surface area contributed by atoms with E-state index in [-0.39, 0.29) is 5.82 Å². The van der Waals surface area contributed by atoms with Gasteiger partial charge in [0.25, 0.3) is 0 Å². The third-order valence-corrected chi connectivity index (χ3v) is 3.43. The van der Waals surface area contributed by atoms with Crippen molar-refractivity contribution < 1.29 is 4.39 Å². The highest BCUT2D eigenvalue weighted by Crippen LogP contribution is 2.30. The van der Waals surface area contributed by atoms with Crippen LogP contribution in [0, 0.1) is 5.82 Å². The summed E-state index contributed by atoms with van der Waals surface area (Å²) in [6.45, 7) is 6.31. The quantitative estimate of drug-likeness (QED) is 0.869. The van der Waals surface area contributed by atoms with Gasteiger partial charge in [0, 0.05) is 25.0 Å². The second kappa shape index (κ2) is 7.38. The van der Waals surface area contributed by atoms with E-state index in [2.05, 4.69) is 10.3 Å². The summed E-state index contributed by atoms with van der Waals surface area (Å²) < 4.78 is 13.4. The molecule has 3 nitrogen and oxygen atoms in total. The molecule has 0 radical (unpaired) electrons. The van der Waals surface area contributed by atoms with Gasteiger partial charge in [-0.1, -0.05) is 24.6 Å². The van der Waals surface area contributed by atoms with Crippen LogP contribution in [0.2, 0.25) is 5.02 Å². The highest BCUT2D eigenvalue weighted by molar-refractivity contribution is 6.33. The fourth-order valence-electron chi connectivity index (χ4n) is 2.13. The molecule has 0 saturated heterocycles. The number of pyridine rings is 1. The molecule has 0 amide bonds. The van der Waals surface area contributed by atoms with E-state index in [9.17, 15) is 4.39 Å². The van der Waals surface area contributed by atoms with E-state index in [1.54, 1.807) is 12.3 Å². The highest BCUT2D eigenvalue weighted by atomic mass is 35.5. The zero-order valence-corrected chi connectivity index (χ0v) is 13.0. The number of anilines is 2. The van der Waals surface area contributed by atoms with E-state index in [0.717, 1.165) is 24.3 Å². The van der Waals surface area contributed by atoms with Gasteiger partial charge in [0.05, 0.1) is 5.02 Å². The van der Waals surface area contributed by atoms with Crippen molar-refractivity contribution in [3.63, 3.8) is 0 Å². The maximum atomic E-state index is 13.4. The van der Waals surface area contributed by atoms with E-state index < -0.39 is 0 Å². The van der Waals surface area contributed by atoms with Crippen LogP contribution in [0.5, 0.6) is 0 Å². The number of aromatic nitrogens is 1. The van der Waals surface area contributed by atoms with Crippen LogP contribution >= 0.6 is 11.6 Å². The van der Waals surface area contributed by atoms with Crippen molar-refractivity contribution in [3.8, 4) is 0 Å². The average Bonchev–Trinajstić information content (AvgIpc) is 2.48. The lowest BCUT2D eigenvalue weighted by molar-refractivity contribution is 0.627. The van der Waals surface area contributed by atoms with Crippen molar-refractivity contribution in [2.24, 2.45) is 0 Å². The molecule has 2 rings (SSSR count). The van der Waals surface area contributed by atoms with E-state index >= 15 is 0 Å². The molecule has 0 spiro atoms. The summed E-state index contributed by atoms with van der Waals surface area (Å²) in [7, 11) is 0. The largest absolute Gasteiger partial charge is 0.325 e. The Kier molecular flexibility index (Phi) is 5.53. The van der Waals surface area contributed by atoms with Gasteiger partial charge in [-0.25, -0.2) is 9.37 Å². The van der Waals surface area contributed by atoms with Gasteiger partial charge in [-0.15, -0.1) is 0 Å². The maximum Gasteiger partial charge on any atom is 0.151 e. The van der Waals surface area contributed by atoms with Crippen LogP contribution in [0.1, 0.15) is 19.4 Å². The number of halogens is 2. The summed E-state index contributed by atoms with van der Waals surface area (Å²) in [5, 5.41) is 3.80. The van der Waals surface area contributed by atoms with Gasteiger partial charge in [-0.05, 0) is 43.3 Å². The van der Waals surface area contributed by atoms with E-state index in [0.29, 0.717) is 17.4 Å². The second-order valence-corrected chi connectivity index (χ2v) is 5.06. The average molecular weight is 308 g/mol. The zero-order valence-electron chi connectivity index (χ0n) is 12.2. The van der Waals surface area contributed by atoms with E-state index in [1.807, 2.05) is 30.9 Å². The predicted octanol–water partition coefficient (Wildman–Crippen LogP) is 4.14. The minimum absolute atomic E-state index is 0.272.